The number of halogens is 1. The van der Waals surface area contributed by atoms with E-state index in [9.17, 15) is 0 Å². The van der Waals surface area contributed by atoms with Crippen molar-refractivity contribution in [2.45, 2.75) is 6.61 Å². The van der Waals surface area contributed by atoms with Gasteiger partial charge in [0.25, 0.3) is 0 Å². The minimum atomic E-state index is 0.0453. The van der Waals surface area contributed by atoms with Gasteiger partial charge in [-0.3, -0.25) is 0 Å². The van der Waals surface area contributed by atoms with Crippen molar-refractivity contribution in [2.24, 2.45) is 0 Å². The van der Waals surface area contributed by atoms with Crippen LogP contribution in [0.1, 0.15) is 4.88 Å². The molecule has 0 bridgehead atoms. The van der Waals surface area contributed by atoms with Gasteiger partial charge in [0.05, 0.1) is 16.4 Å². The van der Waals surface area contributed by atoms with E-state index in [4.69, 9.17) is 5.11 Å². The predicted octanol–water partition coefficient (Wildman–Crippen LogP) is 3.13. The van der Waals surface area contributed by atoms with Crippen LogP contribution in [0.3, 0.4) is 0 Å². The molecule has 5 heteroatoms. The number of aliphatic hydroxyl groups is 1. The second kappa shape index (κ2) is 3.88. The van der Waals surface area contributed by atoms with E-state index in [1.54, 1.807) is 11.3 Å². The van der Waals surface area contributed by atoms with E-state index in [1.807, 2.05) is 17.5 Å². The highest BCUT2D eigenvalue weighted by Gasteiger charge is 2.09. The first-order chi connectivity index (χ1) is 6.31. The molecule has 0 amide bonds. The third-order valence-electron chi connectivity index (χ3n) is 1.53. The van der Waals surface area contributed by atoms with Crippen LogP contribution in [0.2, 0.25) is 0 Å². The summed E-state index contributed by atoms with van der Waals surface area (Å²) in [6, 6.07) is 4.02. The predicted molar refractivity (Wildman–Crippen MR) is 59.0 cm³/mol. The van der Waals surface area contributed by atoms with Gasteiger partial charge in [-0.1, -0.05) is 6.07 Å². The fourth-order valence-electron chi connectivity index (χ4n) is 0.936. The summed E-state index contributed by atoms with van der Waals surface area (Å²) >= 11 is 6.48. The fraction of sp³-hybridized carbons (Fsp3) is 0.125. The van der Waals surface area contributed by atoms with Crippen LogP contribution in [0, 0.1) is 0 Å². The van der Waals surface area contributed by atoms with E-state index in [0.29, 0.717) is 0 Å². The minimum Gasteiger partial charge on any atom is -0.391 e. The largest absolute Gasteiger partial charge is 0.391 e. The molecule has 0 spiro atoms. The van der Waals surface area contributed by atoms with Crippen molar-refractivity contribution in [1.82, 2.24) is 4.98 Å². The molecule has 0 atom stereocenters. The summed E-state index contributed by atoms with van der Waals surface area (Å²) in [4.78, 5) is 6.33. The lowest BCUT2D eigenvalue weighted by molar-refractivity contribution is 0.284. The van der Waals surface area contributed by atoms with Gasteiger partial charge in [0.15, 0.2) is 0 Å². The van der Waals surface area contributed by atoms with E-state index >= 15 is 0 Å². The van der Waals surface area contributed by atoms with Crippen molar-refractivity contribution in [3.8, 4) is 9.88 Å². The quantitative estimate of drug-likeness (QED) is 0.914. The van der Waals surface area contributed by atoms with Gasteiger partial charge in [-0.05, 0) is 27.4 Å². The molecule has 0 aliphatic rings. The fourth-order valence-corrected chi connectivity index (χ4v) is 3.21. The van der Waals surface area contributed by atoms with E-state index in [-0.39, 0.29) is 6.61 Å². The van der Waals surface area contributed by atoms with E-state index < -0.39 is 0 Å². The van der Waals surface area contributed by atoms with Gasteiger partial charge in [0.1, 0.15) is 9.61 Å². The Kier molecular flexibility index (Phi) is 2.78. The van der Waals surface area contributed by atoms with Gasteiger partial charge in [-0.2, -0.15) is 0 Å². The molecule has 0 aromatic carbocycles. The number of rotatable bonds is 2. The monoisotopic (exact) mass is 275 g/mol. The Morgan fingerprint density at radius 3 is 2.92 bits per heavy atom. The van der Waals surface area contributed by atoms with Crippen molar-refractivity contribution < 1.29 is 5.11 Å². The molecule has 0 aliphatic carbocycles. The number of hydrogen-bond acceptors (Lipinski definition) is 4. The number of aromatic nitrogens is 1. The topological polar surface area (TPSA) is 33.1 Å². The molecule has 68 valence electrons. The molecule has 0 saturated heterocycles. The third-order valence-corrected chi connectivity index (χ3v) is 4.52. The van der Waals surface area contributed by atoms with E-state index in [2.05, 4.69) is 20.9 Å². The van der Waals surface area contributed by atoms with Gasteiger partial charge in [0, 0.05) is 0 Å². The maximum Gasteiger partial charge on any atom is 0.135 e. The van der Waals surface area contributed by atoms with Crippen molar-refractivity contribution in [3.05, 3.63) is 27.0 Å². The SMILES string of the molecule is OCc1sc(-c2cccs2)nc1Br. The second-order valence-electron chi connectivity index (χ2n) is 2.37. The zero-order chi connectivity index (χ0) is 9.26. The number of nitrogens with zero attached hydrogens (tertiary/aromatic N) is 1. The van der Waals surface area contributed by atoms with Crippen LogP contribution in [0.25, 0.3) is 9.88 Å². The normalized spacial score (nSPS) is 10.6. The van der Waals surface area contributed by atoms with Crippen LogP contribution < -0.4 is 0 Å². The molecular formula is C8H6BrNOS2. The number of hydrogen-bond donors (Lipinski definition) is 1. The zero-order valence-electron chi connectivity index (χ0n) is 6.53. The zero-order valence-corrected chi connectivity index (χ0v) is 9.75. The summed E-state index contributed by atoms with van der Waals surface area (Å²) in [5.74, 6) is 0. The van der Waals surface area contributed by atoms with Gasteiger partial charge in [-0.15, -0.1) is 22.7 Å². The summed E-state index contributed by atoms with van der Waals surface area (Å²) < 4.78 is 0.753. The summed E-state index contributed by atoms with van der Waals surface area (Å²) in [6.07, 6.45) is 0. The Morgan fingerprint density at radius 2 is 2.38 bits per heavy atom. The maximum atomic E-state index is 8.97. The second-order valence-corrected chi connectivity index (χ2v) is 5.15. The average molecular weight is 276 g/mol. The highest BCUT2D eigenvalue weighted by Crippen LogP contribution is 2.33. The molecule has 0 radical (unpaired) electrons. The first kappa shape index (κ1) is 9.33. The molecule has 1 N–H and O–H groups in total. The number of aliphatic hydroxyl groups excluding tert-OH is 1. The van der Waals surface area contributed by atoms with Crippen molar-refractivity contribution in [1.29, 1.82) is 0 Å². The Hall–Kier alpha value is -0.230. The van der Waals surface area contributed by atoms with Crippen molar-refractivity contribution in [2.75, 3.05) is 0 Å². The molecule has 0 unspecified atom stereocenters. The Morgan fingerprint density at radius 1 is 1.54 bits per heavy atom. The first-order valence-electron chi connectivity index (χ1n) is 3.61. The van der Waals surface area contributed by atoms with Gasteiger partial charge < -0.3 is 5.11 Å². The molecular weight excluding hydrogens is 270 g/mol. The van der Waals surface area contributed by atoms with E-state index in [1.165, 1.54) is 11.3 Å². The van der Waals surface area contributed by atoms with Crippen LogP contribution in [0.4, 0.5) is 0 Å². The Bertz CT molecular complexity index is 396. The van der Waals surface area contributed by atoms with Crippen molar-refractivity contribution in [3.63, 3.8) is 0 Å². The number of thiophene rings is 1. The lowest BCUT2D eigenvalue weighted by atomic mass is 10.5. The highest BCUT2D eigenvalue weighted by atomic mass is 79.9. The van der Waals surface area contributed by atoms with Gasteiger partial charge >= 0.3 is 0 Å². The van der Waals surface area contributed by atoms with Crippen LogP contribution in [-0.2, 0) is 6.61 Å². The molecule has 2 aromatic rings. The lowest BCUT2D eigenvalue weighted by Gasteiger charge is -1.85. The van der Waals surface area contributed by atoms with Gasteiger partial charge in [0.2, 0.25) is 0 Å². The standard InChI is InChI=1S/C8H6BrNOS2/c9-7-6(4-11)13-8(10-7)5-2-1-3-12-5/h1-3,11H,4H2. The average Bonchev–Trinajstić information content (AvgIpc) is 2.71. The third kappa shape index (κ3) is 1.83. The van der Waals surface area contributed by atoms with Crippen molar-refractivity contribution >= 4 is 38.6 Å². The highest BCUT2D eigenvalue weighted by molar-refractivity contribution is 9.10. The summed E-state index contributed by atoms with van der Waals surface area (Å²) in [5, 5.41) is 12.0. The maximum absolute atomic E-state index is 8.97. The minimum absolute atomic E-state index is 0.0453. The van der Waals surface area contributed by atoms with Crippen LogP contribution in [0.15, 0.2) is 22.1 Å². The smallest absolute Gasteiger partial charge is 0.135 e. The molecule has 2 nitrogen and oxygen atoms in total. The Balaban J connectivity index is 2.43. The number of thiazole rings is 1. The summed E-state index contributed by atoms with van der Waals surface area (Å²) in [6.45, 7) is 0.0453. The summed E-state index contributed by atoms with van der Waals surface area (Å²) in [5.41, 5.74) is 0. The van der Waals surface area contributed by atoms with E-state index in [0.717, 1.165) is 19.4 Å². The van der Waals surface area contributed by atoms with Crippen LogP contribution in [-0.4, -0.2) is 10.1 Å². The molecule has 0 aliphatic heterocycles. The first-order valence-corrected chi connectivity index (χ1v) is 6.10. The van der Waals surface area contributed by atoms with Crippen LogP contribution >= 0.6 is 38.6 Å². The van der Waals surface area contributed by atoms with Gasteiger partial charge in [-0.25, -0.2) is 4.98 Å². The lowest BCUT2D eigenvalue weighted by Crippen LogP contribution is -1.75. The molecule has 2 rings (SSSR count). The summed E-state index contributed by atoms with van der Waals surface area (Å²) in [7, 11) is 0. The molecule has 13 heavy (non-hydrogen) atoms. The molecule has 0 fully saturated rings. The Labute approximate surface area is 92.0 Å². The van der Waals surface area contributed by atoms with Crippen LogP contribution in [0.5, 0.6) is 0 Å². The molecule has 2 heterocycles. The molecule has 0 saturated carbocycles. The molecule has 2 aromatic heterocycles.